The van der Waals surface area contributed by atoms with Crippen molar-refractivity contribution in [3.8, 4) is 0 Å². The van der Waals surface area contributed by atoms with Crippen LogP contribution in [-0.4, -0.2) is 5.17 Å². The highest BCUT2D eigenvalue weighted by Crippen LogP contribution is 2.25. The fraction of sp³-hybridized carbons (Fsp3) is 0. The lowest BCUT2D eigenvalue weighted by Gasteiger charge is -2.03. The maximum absolute atomic E-state index is 6.15. The van der Waals surface area contributed by atoms with E-state index in [1.54, 1.807) is 18.2 Å². The monoisotopic (exact) mass is 361 g/mol. The van der Waals surface area contributed by atoms with Crippen molar-refractivity contribution in [3.63, 3.8) is 0 Å². The lowest BCUT2D eigenvalue weighted by Crippen LogP contribution is -1.91. The quantitative estimate of drug-likeness (QED) is 0.574. The molecule has 2 rings (SSSR count). The Bertz CT molecular complexity index is 594. The Morgan fingerprint density at radius 2 is 1.67 bits per heavy atom. The first-order valence-electron chi connectivity index (χ1n) is 5.01. The maximum atomic E-state index is 6.15. The molecule has 0 aliphatic rings. The molecule has 0 spiro atoms. The van der Waals surface area contributed by atoms with Gasteiger partial charge in [-0.15, -0.1) is 0 Å². The van der Waals surface area contributed by atoms with Crippen LogP contribution < -0.4 is 0 Å². The first kappa shape index (κ1) is 13.9. The van der Waals surface area contributed by atoms with Crippen molar-refractivity contribution in [2.24, 2.45) is 4.99 Å². The van der Waals surface area contributed by atoms with Gasteiger partial charge < -0.3 is 0 Å². The normalized spacial score (nSPS) is 11.7. The molecule has 0 atom stereocenters. The highest BCUT2D eigenvalue weighted by molar-refractivity contribution is 9.10. The Morgan fingerprint density at radius 3 is 2.28 bits per heavy atom. The number of benzene rings is 2. The van der Waals surface area contributed by atoms with E-state index in [1.165, 1.54) is 0 Å². The zero-order valence-electron chi connectivity index (χ0n) is 9.00. The first-order chi connectivity index (χ1) is 8.56. The van der Waals surface area contributed by atoms with Crippen LogP contribution in [0.2, 0.25) is 10.0 Å². The van der Waals surface area contributed by atoms with Crippen LogP contribution in [-0.2, 0) is 0 Å². The van der Waals surface area contributed by atoms with E-state index >= 15 is 0 Å². The minimum Gasteiger partial charge on any atom is -0.236 e. The predicted molar refractivity (Wildman–Crippen MR) is 82.7 cm³/mol. The average Bonchev–Trinajstić information content (AvgIpc) is 2.32. The van der Waals surface area contributed by atoms with Gasteiger partial charge in [0.15, 0.2) is 0 Å². The van der Waals surface area contributed by atoms with Crippen LogP contribution in [0.4, 0.5) is 5.69 Å². The van der Waals surface area contributed by atoms with E-state index in [0.29, 0.717) is 20.8 Å². The predicted octanol–water partition coefficient (Wildman–Crippen LogP) is 6.07. The highest BCUT2D eigenvalue weighted by Gasteiger charge is 2.06. The third-order valence-corrected chi connectivity index (χ3v) is 3.57. The van der Waals surface area contributed by atoms with Crippen molar-refractivity contribution in [3.05, 3.63) is 62.5 Å². The lowest BCUT2D eigenvalue weighted by molar-refractivity contribution is 1.50. The molecule has 0 amide bonds. The van der Waals surface area contributed by atoms with Crippen LogP contribution in [0.25, 0.3) is 0 Å². The molecular weight excluding hydrogens is 356 g/mol. The van der Waals surface area contributed by atoms with Crippen LogP contribution in [0.5, 0.6) is 0 Å². The molecule has 0 radical (unpaired) electrons. The Kier molecular flexibility index (Phi) is 4.68. The molecule has 2 aromatic carbocycles. The van der Waals surface area contributed by atoms with Crippen molar-refractivity contribution in [1.82, 2.24) is 0 Å². The third kappa shape index (κ3) is 3.48. The molecule has 0 fully saturated rings. The van der Waals surface area contributed by atoms with Gasteiger partial charge >= 0.3 is 0 Å². The van der Waals surface area contributed by atoms with Gasteiger partial charge in [-0.05, 0) is 42.5 Å². The van der Waals surface area contributed by atoms with Gasteiger partial charge in [0.2, 0.25) is 0 Å². The summed E-state index contributed by atoms with van der Waals surface area (Å²) in [5.41, 5.74) is 1.42. The number of halogens is 4. The number of nitrogens with zero attached hydrogens (tertiary/aromatic N) is 1. The Balaban J connectivity index is 2.35. The molecule has 0 aromatic heterocycles. The van der Waals surface area contributed by atoms with E-state index in [1.807, 2.05) is 24.3 Å². The van der Waals surface area contributed by atoms with Crippen molar-refractivity contribution >= 4 is 61.6 Å². The minimum atomic E-state index is 0.332. The Labute approximate surface area is 129 Å². The number of aliphatic imine (C=N–C) groups is 1. The van der Waals surface area contributed by atoms with E-state index in [2.05, 4.69) is 20.9 Å². The highest BCUT2D eigenvalue weighted by atomic mass is 79.9. The molecule has 0 aliphatic heterocycles. The number of hydrogen-bond acceptors (Lipinski definition) is 1. The molecule has 0 saturated carbocycles. The van der Waals surface area contributed by atoms with Crippen molar-refractivity contribution in [2.75, 3.05) is 0 Å². The fourth-order valence-corrected chi connectivity index (χ4v) is 2.42. The van der Waals surface area contributed by atoms with Crippen molar-refractivity contribution in [2.45, 2.75) is 0 Å². The molecular formula is C13H7BrCl3N. The molecule has 0 bridgehead atoms. The largest absolute Gasteiger partial charge is 0.236 e. The number of rotatable bonds is 2. The van der Waals surface area contributed by atoms with Gasteiger partial charge in [-0.25, -0.2) is 4.99 Å². The van der Waals surface area contributed by atoms with Crippen LogP contribution in [0.1, 0.15) is 5.56 Å². The summed E-state index contributed by atoms with van der Waals surface area (Å²) in [5.74, 6) is 0. The fourth-order valence-electron chi connectivity index (χ4n) is 1.35. The second kappa shape index (κ2) is 6.07. The Hall–Kier alpha value is -0.540. The SMILES string of the molecule is ClC(=Nc1ccc(Br)cc1)c1ccc(Cl)cc1Cl. The summed E-state index contributed by atoms with van der Waals surface area (Å²) in [7, 11) is 0. The van der Waals surface area contributed by atoms with Crippen LogP contribution >= 0.6 is 50.7 Å². The van der Waals surface area contributed by atoms with Crippen LogP contribution in [0, 0.1) is 0 Å². The topological polar surface area (TPSA) is 12.4 Å². The van der Waals surface area contributed by atoms with Gasteiger partial charge in [0.1, 0.15) is 5.17 Å². The summed E-state index contributed by atoms with van der Waals surface area (Å²) in [5, 5.41) is 1.38. The minimum absolute atomic E-state index is 0.332. The summed E-state index contributed by atoms with van der Waals surface area (Å²) < 4.78 is 0.988. The van der Waals surface area contributed by atoms with Gasteiger partial charge in [0.25, 0.3) is 0 Å². The van der Waals surface area contributed by atoms with Gasteiger partial charge in [-0.2, -0.15) is 0 Å². The lowest BCUT2D eigenvalue weighted by atomic mass is 10.2. The van der Waals surface area contributed by atoms with E-state index in [-0.39, 0.29) is 0 Å². The molecule has 1 nitrogen and oxygen atoms in total. The Morgan fingerprint density at radius 1 is 1.00 bits per heavy atom. The third-order valence-electron chi connectivity index (χ3n) is 2.21. The molecule has 0 N–H and O–H groups in total. The zero-order valence-corrected chi connectivity index (χ0v) is 12.9. The smallest absolute Gasteiger partial charge is 0.138 e. The van der Waals surface area contributed by atoms with Gasteiger partial charge in [0, 0.05) is 15.1 Å². The maximum Gasteiger partial charge on any atom is 0.138 e. The summed E-state index contributed by atoms with van der Waals surface area (Å²) in [4.78, 5) is 4.29. The van der Waals surface area contributed by atoms with Crippen LogP contribution in [0.3, 0.4) is 0 Å². The molecule has 5 heteroatoms. The summed E-state index contributed by atoms with van der Waals surface area (Å²) >= 11 is 21.4. The van der Waals surface area contributed by atoms with E-state index in [4.69, 9.17) is 34.8 Å². The summed E-state index contributed by atoms with van der Waals surface area (Å²) in [6.45, 7) is 0. The second-order valence-electron chi connectivity index (χ2n) is 3.50. The summed E-state index contributed by atoms with van der Waals surface area (Å²) in [6, 6.07) is 12.6. The van der Waals surface area contributed by atoms with Gasteiger partial charge in [-0.3, -0.25) is 0 Å². The second-order valence-corrected chi connectivity index (χ2v) is 5.62. The van der Waals surface area contributed by atoms with E-state index in [0.717, 1.165) is 10.2 Å². The van der Waals surface area contributed by atoms with Crippen molar-refractivity contribution < 1.29 is 0 Å². The molecule has 18 heavy (non-hydrogen) atoms. The molecule has 2 aromatic rings. The molecule has 0 heterocycles. The standard InChI is InChI=1S/C13H7BrCl3N/c14-8-1-4-10(5-2-8)18-13(17)11-6-3-9(15)7-12(11)16/h1-7H. The molecule has 92 valence electrons. The zero-order chi connectivity index (χ0) is 13.1. The number of hydrogen-bond donors (Lipinski definition) is 0. The molecule has 0 saturated heterocycles. The van der Waals surface area contributed by atoms with Crippen LogP contribution in [0.15, 0.2) is 51.9 Å². The summed E-state index contributed by atoms with van der Waals surface area (Å²) in [6.07, 6.45) is 0. The average molecular weight is 363 g/mol. The van der Waals surface area contributed by atoms with Gasteiger partial charge in [0.05, 0.1) is 10.7 Å². The van der Waals surface area contributed by atoms with Gasteiger partial charge in [-0.1, -0.05) is 50.7 Å². The molecule has 0 aliphatic carbocycles. The molecule has 0 unspecified atom stereocenters. The van der Waals surface area contributed by atoms with Crippen molar-refractivity contribution in [1.29, 1.82) is 0 Å². The van der Waals surface area contributed by atoms with E-state index < -0.39 is 0 Å². The first-order valence-corrected chi connectivity index (χ1v) is 6.94. The van der Waals surface area contributed by atoms with E-state index in [9.17, 15) is 0 Å².